The minimum Gasteiger partial charge on any atom is -0.490 e. The van der Waals surface area contributed by atoms with Crippen LogP contribution in [-0.2, 0) is 17.1 Å². The molecule has 0 amide bonds. The molecule has 1 heterocycles. The monoisotopic (exact) mass is 472 g/mol. The second kappa shape index (κ2) is 9.70. The number of ether oxygens (including phenoxy) is 3. The molecule has 0 N–H and O–H groups in total. The molecule has 2 aromatic carbocycles. The van der Waals surface area contributed by atoms with Crippen LogP contribution in [0.25, 0.3) is 0 Å². The maximum absolute atomic E-state index is 13.4. The third-order valence-corrected chi connectivity index (χ3v) is 4.61. The number of rotatable bonds is 9. The van der Waals surface area contributed by atoms with Gasteiger partial charge in [0, 0.05) is 12.8 Å². The Kier molecular flexibility index (Phi) is 7.17. The van der Waals surface area contributed by atoms with Gasteiger partial charge in [0.25, 0.3) is 0 Å². The second-order valence-electron chi connectivity index (χ2n) is 7.02. The van der Waals surface area contributed by atoms with E-state index in [0.717, 1.165) is 12.1 Å². The minimum atomic E-state index is -4.76. The molecule has 0 saturated heterocycles. The molecule has 2 aromatic rings. The van der Waals surface area contributed by atoms with Crippen LogP contribution in [0.4, 0.5) is 26.3 Å². The zero-order valence-corrected chi connectivity index (χ0v) is 17.2. The maximum atomic E-state index is 13.4. The summed E-state index contributed by atoms with van der Waals surface area (Å²) in [6, 6.07) is 7.18. The summed E-state index contributed by atoms with van der Waals surface area (Å²) >= 11 is 0. The van der Waals surface area contributed by atoms with Crippen LogP contribution in [0.5, 0.6) is 11.5 Å². The lowest BCUT2D eigenvalue weighted by molar-refractivity contribution is -0.139. The van der Waals surface area contributed by atoms with E-state index in [0.29, 0.717) is 6.07 Å². The van der Waals surface area contributed by atoms with Crippen LogP contribution in [-0.4, -0.2) is 32.1 Å². The molecule has 1 aliphatic rings. The maximum Gasteiger partial charge on any atom is 0.417 e. The highest BCUT2D eigenvalue weighted by atomic mass is 19.4. The van der Waals surface area contributed by atoms with Gasteiger partial charge in [-0.2, -0.15) is 31.6 Å². The number of nitriles is 1. The molecule has 3 rings (SSSR count). The van der Waals surface area contributed by atoms with Gasteiger partial charge >= 0.3 is 12.4 Å². The summed E-state index contributed by atoms with van der Waals surface area (Å²) in [6.45, 7) is 1.59. The Hall–Kier alpha value is -3.26. The largest absolute Gasteiger partial charge is 0.490 e. The number of hydrogen-bond donors (Lipinski definition) is 0. The lowest BCUT2D eigenvalue weighted by atomic mass is 10.0. The van der Waals surface area contributed by atoms with E-state index >= 15 is 0 Å². The lowest BCUT2D eigenvalue weighted by Crippen LogP contribution is -2.30. The first-order chi connectivity index (χ1) is 15.5. The standard InChI is InChI=1S/C22H18F6N2O3/c1-2-31-11-16(12-32-14-4-3-13(9-29)18(7-14)21(23,24)25)33-15-5-6-17(20-10-30-20)19(8-15)22(26,27)28/h3-8,10,16,20H,2,11-12H2,1H3. The first kappa shape index (κ1) is 24.4. The molecule has 33 heavy (non-hydrogen) atoms. The fraction of sp³-hybridized carbons (Fsp3) is 0.364. The van der Waals surface area contributed by atoms with E-state index in [4.69, 9.17) is 19.5 Å². The highest BCUT2D eigenvalue weighted by molar-refractivity contribution is 5.80. The fourth-order valence-electron chi connectivity index (χ4n) is 3.01. The van der Waals surface area contributed by atoms with Crippen molar-refractivity contribution in [2.24, 2.45) is 4.99 Å². The van der Waals surface area contributed by atoms with Crippen LogP contribution < -0.4 is 9.47 Å². The van der Waals surface area contributed by atoms with Crippen LogP contribution in [0.15, 0.2) is 41.4 Å². The Morgan fingerprint density at radius 2 is 1.61 bits per heavy atom. The van der Waals surface area contributed by atoms with Crippen molar-refractivity contribution in [3.05, 3.63) is 58.7 Å². The Morgan fingerprint density at radius 1 is 0.970 bits per heavy atom. The van der Waals surface area contributed by atoms with Crippen LogP contribution in [0.1, 0.15) is 35.2 Å². The summed E-state index contributed by atoms with van der Waals surface area (Å²) < 4.78 is 96.0. The summed E-state index contributed by atoms with van der Waals surface area (Å²) in [5, 5.41) is 8.87. The fourth-order valence-corrected chi connectivity index (χ4v) is 3.01. The smallest absolute Gasteiger partial charge is 0.417 e. The van der Waals surface area contributed by atoms with E-state index in [2.05, 4.69) is 4.99 Å². The van der Waals surface area contributed by atoms with Gasteiger partial charge in [0.2, 0.25) is 0 Å². The lowest BCUT2D eigenvalue weighted by Gasteiger charge is -2.21. The number of benzene rings is 2. The predicted molar refractivity (Wildman–Crippen MR) is 105 cm³/mol. The summed E-state index contributed by atoms with van der Waals surface area (Å²) in [4.78, 5) is 3.77. The van der Waals surface area contributed by atoms with Gasteiger partial charge in [0.1, 0.15) is 24.1 Å². The molecular formula is C22H18F6N2O3. The van der Waals surface area contributed by atoms with Crippen molar-refractivity contribution in [1.29, 1.82) is 5.26 Å². The molecule has 2 atom stereocenters. The van der Waals surface area contributed by atoms with Crippen molar-refractivity contribution in [1.82, 2.24) is 0 Å². The third-order valence-electron chi connectivity index (χ3n) is 4.61. The van der Waals surface area contributed by atoms with Gasteiger partial charge in [-0.05, 0) is 42.8 Å². The highest BCUT2D eigenvalue weighted by Gasteiger charge is 2.37. The van der Waals surface area contributed by atoms with Crippen LogP contribution in [0, 0.1) is 11.3 Å². The van der Waals surface area contributed by atoms with Crippen LogP contribution in [0.2, 0.25) is 0 Å². The van der Waals surface area contributed by atoms with Gasteiger partial charge in [0.05, 0.1) is 29.4 Å². The van der Waals surface area contributed by atoms with E-state index in [9.17, 15) is 26.3 Å². The van der Waals surface area contributed by atoms with E-state index in [1.165, 1.54) is 30.5 Å². The zero-order valence-electron chi connectivity index (χ0n) is 17.2. The Bertz CT molecular complexity index is 1050. The zero-order chi connectivity index (χ0) is 24.2. The van der Waals surface area contributed by atoms with Gasteiger partial charge in [-0.25, -0.2) is 0 Å². The Balaban J connectivity index is 1.77. The van der Waals surface area contributed by atoms with Gasteiger partial charge in [-0.15, -0.1) is 0 Å². The molecule has 0 aromatic heterocycles. The highest BCUT2D eigenvalue weighted by Crippen LogP contribution is 2.40. The Morgan fingerprint density at radius 3 is 2.18 bits per heavy atom. The van der Waals surface area contributed by atoms with E-state index in [1.54, 1.807) is 6.92 Å². The molecule has 0 fully saturated rings. The first-order valence-corrected chi connectivity index (χ1v) is 9.76. The summed E-state index contributed by atoms with van der Waals surface area (Å²) in [6.07, 6.45) is -8.90. The number of alkyl halides is 6. The van der Waals surface area contributed by atoms with E-state index < -0.39 is 41.2 Å². The van der Waals surface area contributed by atoms with E-state index in [-0.39, 0.29) is 36.9 Å². The third kappa shape index (κ3) is 6.38. The SMILES string of the molecule is CCOCC(COc1ccc(C#N)c(C(F)(F)F)c1)Oc1ccc(C2C=N2)c(C(F)(F)F)c1. The molecule has 0 radical (unpaired) electrons. The number of hydrogen-bond acceptors (Lipinski definition) is 5. The topological polar surface area (TPSA) is 63.8 Å². The van der Waals surface area contributed by atoms with Gasteiger partial charge < -0.3 is 14.2 Å². The van der Waals surface area contributed by atoms with Crippen molar-refractivity contribution in [3.8, 4) is 17.6 Å². The molecule has 176 valence electrons. The Labute approximate surface area is 185 Å². The summed E-state index contributed by atoms with van der Waals surface area (Å²) in [7, 11) is 0. The molecule has 0 saturated carbocycles. The summed E-state index contributed by atoms with van der Waals surface area (Å²) in [5.74, 6) is -0.278. The average molecular weight is 472 g/mol. The van der Waals surface area contributed by atoms with Crippen LogP contribution >= 0.6 is 0 Å². The normalized spacial score (nSPS) is 16.2. The van der Waals surface area contributed by atoms with Crippen molar-refractivity contribution in [2.75, 3.05) is 19.8 Å². The van der Waals surface area contributed by atoms with Gasteiger partial charge in [-0.1, -0.05) is 6.07 Å². The second-order valence-corrected chi connectivity index (χ2v) is 7.02. The minimum absolute atomic E-state index is 0.00437. The summed E-state index contributed by atoms with van der Waals surface area (Å²) in [5.41, 5.74) is -2.60. The number of halogens is 6. The molecule has 0 aliphatic carbocycles. The first-order valence-electron chi connectivity index (χ1n) is 9.76. The van der Waals surface area contributed by atoms with Crippen molar-refractivity contribution < 1.29 is 40.6 Å². The van der Waals surface area contributed by atoms with Crippen molar-refractivity contribution in [3.63, 3.8) is 0 Å². The molecule has 1 aliphatic heterocycles. The van der Waals surface area contributed by atoms with E-state index in [1.807, 2.05) is 0 Å². The van der Waals surface area contributed by atoms with Crippen molar-refractivity contribution in [2.45, 2.75) is 31.4 Å². The number of nitrogens with zero attached hydrogens (tertiary/aromatic N) is 2. The predicted octanol–water partition coefficient (Wildman–Crippen LogP) is 5.58. The molecule has 5 nitrogen and oxygen atoms in total. The quantitative estimate of drug-likeness (QED) is 0.447. The van der Waals surface area contributed by atoms with Crippen LogP contribution in [0.3, 0.4) is 0 Å². The average Bonchev–Trinajstić information content (AvgIpc) is 3.59. The molecule has 2 unspecified atom stereocenters. The molecule has 11 heteroatoms. The van der Waals surface area contributed by atoms with Gasteiger partial charge in [-0.3, -0.25) is 4.99 Å². The molecule has 0 spiro atoms. The van der Waals surface area contributed by atoms with Crippen molar-refractivity contribution >= 4 is 6.21 Å². The number of aliphatic imine (C=N–C) groups is 1. The molecule has 0 bridgehead atoms. The van der Waals surface area contributed by atoms with Gasteiger partial charge in [0.15, 0.2) is 6.10 Å². The molecular weight excluding hydrogens is 454 g/mol.